The maximum atomic E-state index is 12.2. The summed E-state index contributed by atoms with van der Waals surface area (Å²) in [5.41, 5.74) is -0.352. The number of halogens is 4. The number of ether oxygens (including phenoxy) is 1. The molecule has 0 spiro atoms. The van der Waals surface area contributed by atoms with Crippen molar-refractivity contribution < 1.29 is 23.0 Å². The lowest BCUT2D eigenvalue weighted by molar-refractivity contribution is -0.207. The quantitative estimate of drug-likeness (QED) is 0.861. The molecular weight excluding hydrogens is 233 g/mol. The molecule has 1 aromatic rings. The van der Waals surface area contributed by atoms with Gasteiger partial charge in [0.2, 0.25) is 0 Å². The summed E-state index contributed by atoms with van der Waals surface area (Å²) in [6.07, 6.45) is -7.29. The van der Waals surface area contributed by atoms with Crippen molar-refractivity contribution in [2.45, 2.75) is 12.3 Å². The minimum atomic E-state index is -4.72. The van der Waals surface area contributed by atoms with Gasteiger partial charge >= 0.3 is 6.18 Å². The number of aliphatic hydroxyl groups excluding tert-OH is 1. The van der Waals surface area contributed by atoms with E-state index in [1.165, 1.54) is 19.2 Å². The topological polar surface area (TPSA) is 29.5 Å². The number of rotatable bonds is 2. The summed E-state index contributed by atoms with van der Waals surface area (Å²) in [6.45, 7) is 0. The first-order chi connectivity index (χ1) is 6.86. The normalized spacial score (nSPS) is 13.7. The molecule has 0 saturated heterocycles. The van der Waals surface area contributed by atoms with E-state index < -0.39 is 12.3 Å². The highest BCUT2D eigenvalue weighted by Crippen LogP contribution is 2.37. The van der Waals surface area contributed by atoms with Gasteiger partial charge in [0, 0.05) is 10.6 Å². The minimum Gasteiger partial charge on any atom is -0.496 e. The molecule has 15 heavy (non-hydrogen) atoms. The second-order valence-corrected chi connectivity index (χ2v) is 3.27. The predicted octanol–water partition coefficient (Wildman–Crippen LogP) is 2.94. The van der Waals surface area contributed by atoms with Gasteiger partial charge in [0.25, 0.3) is 0 Å². The Balaban J connectivity index is 3.14. The SMILES string of the molecule is COc1cc(Cl)ccc1[C@@H](O)C(F)(F)F. The molecule has 0 aliphatic heterocycles. The highest BCUT2D eigenvalue weighted by atomic mass is 35.5. The first-order valence-corrected chi connectivity index (χ1v) is 4.32. The summed E-state index contributed by atoms with van der Waals surface area (Å²) >= 11 is 5.57. The number of alkyl halides is 3. The van der Waals surface area contributed by atoms with Crippen LogP contribution < -0.4 is 4.74 Å². The van der Waals surface area contributed by atoms with Crippen LogP contribution in [-0.4, -0.2) is 18.4 Å². The van der Waals surface area contributed by atoms with Crippen LogP contribution in [0.3, 0.4) is 0 Å². The lowest BCUT2D eigenvalue weighted by Crippen LogP contribution is -2.20. The van der Waals surface area contributed by atoms with E-state index in [0.717, 1.165) is 6.07 Å². The van der Waals surface area contributed by atoms with Crippen molar-refractivity contribution in [1.82, 2.24) is 0 Å². The molecule has 0 bridgehead atoms. The maximum absolute atomic E-state index is 12.2. The summed E-state index contributed by atoms with van der Waals surface area (Å²) in [5.74, 6) is -0.0904. The summed E-state index contributed by atoms with van der Waals surface area (Å²) < 4.78 is 41.3. The van der Waals surface area contributed by atoms with E-state index in [0.29, 0.717) is 0 Å². The van der Waals surface area contributed by atoms with Gasteiger partial charge < -0.3 is 9.84 Å². The van der Waals surface area contributed by atoms with Gasteiger partial charge in [-0.3, -0.25) is 0 Å². The van der Waals surface area contributed by atoms with E-state index in [4.69, 9.17) is 21.4 Å². The number of methoxy groups -OCH3 is 1. The Morgan fingerprint density at radius 1 is 1.40 bits per heavy atom. The van der Waals surface area contributed by atoms with E-state index in [2.05, 4.69) is 0 Å². The number of hydrogen-bond donors (Lipinski definition) is 1. The molecule has 0 aromatic heterocycles. The van der Waals surface area contributed by atoms with E-state index in [1.54, 1.807) is 0 Å². The number of hydrogen-bond acceptors (Lipinski definition) is 2. The second-order valence-electron chi connectivity index (χ2n) is 2.83. The molecule has 2 nitrogen and oxygen atoms in total. The Labute approximate surface area is 89.2 Å². The molecule has 0 aliphatic rings. The van der Waals surface area contributed by atoms with Gasteiger partial charge in [-0.15, -0.1) is 0 Å². The Kier molecular flexibility index (Phi) is 3.46. The second kappa shape index (κ2) is 4.28. The van der Waals surface area contributed by atoms with Crippen LogP contribution in [0.4, 0.5) is 13.2 Å². The Hall–Kier alpha value is -0.940. The van der Waals surface area contributed by atoms with E-state index in [-0.39, 0.29) is 16.3 Å². The Bertz CT molecular complexity index is 352. The first-order valence-electron chi connectivity index (χ1n) is 3.94. The van der Waals surface area contributed by atoms with Gasteiger partial charge in [-0.1, -0.05) is 17.7 Å². The largest absolute Gasteiger partial charge is 0.496 e. The number of aliphatic hydroxyl groups is 1. The molecule has 0 radical (unpaired) electrons. The summed E-state index contributed by atoms with van der Waals surface area (Å²) in [6, 6.07) is 3.56. The van der Waals surface area contributed by atoms with Crippen LogP contribution in [0.15, 0.2) is 18.2 Å². The van der Waals surface area contributed by atoms with Gasteiger partial charge in [0.1, 0.15) is 5.75 Å². The van der Waals surface area contributed by atoms with Crippen molar-refractivity contribution in [3.05, 3.63) is 28.8 Å². The molecule has 0 heterocycles. The smallest absolute Gasteiger partial charge is 0.418 e. The summed E-state index contributed by atoms with van der Waals surface area (Å²) in [4.78, 5) is 0. The van der Waals surface area contributed by atoms with Gasteiger partial charge in [-0.05, 0) is 12.1 Å². The molecule has 1 atom stereocenters. The Morgan fingerprint density at radius 2 is 2.00 bits per heavy atom. The van der Waals surface area contributed by atoms with Crippen molar-refractivity contribution >= 4 is 11.6 Å². The Morgan fingerprint density at radius 3 is 2.47 bits per heavy atom. The van der Waals surface area contributed by atoms with Gasteiger partial charge in [-0.25, -0.2) is 0 Å². The third-order valence-corrected chi connectivity index (χ3v) is 2.04. The summed E-state index contributed by atoms with van der Waals surface area (Å²) in [7, 11) is 1.21. The van der Waals surface area contributed by atoms with Crippen LogP contribution >= 0.6 is 11.6 Å². The standard InChI is InChI=1S/C9H8ClF3O2/c1-15-7-4-5(10)2-3-6(7)8(14)9(11,12)13/h2-4,8,14H,1H3/t8-/m1/s1. The molecule has 0 saturated carbocycles. The average Bonchev–Trinajstić information content (AvgIpc) is 2.15. The monoisotopic (exact) mass is 240 g/mol. The van der Waals surface area contributed by atoms with Crippen LogP contribution in [0, 0.1) is 0 Å². The molecular formula is C9H8ClF3O2. The van der Waals surface area contributed by atoms with Crippen LogP contribution in [0.25, 0.3) is 0 Å². The molecule has 0 unspecified atom stereocenters. The van der Waals surface area contributed by atoms with Crippen molar-refractivity contribution in [1.29, 1.82) is 0 Å². The average molecular weight is 241 g/mol. The molecule has 1 aromatic carbocycles. The van der Waals surface area contributed by atoms with Crippen molar-refractivity contribution in [2.75, 3.05) is 7.11 Å². The zero-order valence-corrected chi connectivity index (χ0v) is 8.43. The molecule has 1 N–H and O–H groups in total. The zero-order valence-electron chi connectivity index (χ0n) is 7.68. The lowest BCUT2D eigenvalue weighted by atomic mass is 10.1. The van der Waals surface area contributed by atoms with Gasteiger partial charge in [0.15, 0.2) is 6.10 Å². The molecule has 0 fully saturated rings. The van der Waals surface area contributed by atoms with Crippen LogP contribution in [0.5, 0.6) is 5.75 Å². The fourth-order valence-corrected chi connectivity index (χ4v) is 1.25. The third-order valence-electron chi connectivity index (χ3n) is 1.80. The van der Waals surface area contributed by atoms with Crippen LogP contribution in [0.2, 0.25) is 5.02 Å². The van der Waals surface area contributed by atoms with E-state index in [1.807, 2.05) is 0 Å². The summed E-state index contributed by atoms with van der Waals surface area (Å²) in [5, 5.41) is 9.25. The number of benzene rings is 1. The fraction of sp³-hybridized carbons (Fsp3) is 0.333. The van der Waals surface area contributed by atoms with E-state index in [9.17, 15) is 13.2 Å². The fourth-order valence-electron chi connectivity index (χ4n) is 1.09. The highest BCUT2D eigenvalue weighted by Gasteiger charge is 2.40. The first kappa shape index (κ1) is 12.1. The lowest BCUT2D eigenvalue weighted by Gasteiger charge is -2.17. The minimum absolute atomic E-state index is 0.0904. The maximum Gasteiger partial charge on any atom is 0.418 e. The molecule has 1 rings (SSSR count). The molecule has 0 aliphatic carbocycles. The third kappa shape index (κ3) is 2.76. The molecule has 6 heteroatoms. The van der Waals surface area contributed by atoms with Crippen LogP contribution in [-0.2, 0) is 0 Å². The van der Waals surface area contributed by atoms with Crippen molar-refractivity contribution in [3.63, 3.8) is 0 Å². The van der Waals surface area contributed by atoms with Crippen molar-refractivity contribution in [3.8, 4) is 5.75 Å². The van der Waals surface area contributed by atoms with Crippen LogP contribution in [0.1, 0.15) is 11.7 Å². The molecule has 0 amide bonds. The predicted molar refractivity (Wildman–Crippen MR) is 49.0 cm³/mol. The van der Waals surface area contributed by atoms with Crippen molar-refractivity contribution in [2.24, 2.45) is 0 Å². The molecule has 84 valence electrons. The van der Waals surface area contributed by atoms with E-state index >= 15 is 0 Å². The van der Waals surface area contributed by atoms with Gasteiger partial charge in [-0.2, -0.15) is 13.2 Å². The van der Waals surface area contributed by atoms with Gasteiger partial charge in [0.05, 0.1) is 7.11 Å². The highest BCUT2D eigenvalue weighted by molar-refractivity contribution is 6.30. The zero-order chi connectivity index (χ0) is 11.6.